The van der Waals surface area contributed by atoms with Crippen molar-refractivity contribution in [2.45, 2.75) is 19.4 Å². The number of amides is 1. The summed E-state index contributed by atoms with van der Waals surface area (Å²) in [4.78, 5) is 19.7. The van der Waals surface area contributed by atoms with Crippen LogP contribution in [-0.4, -0.2) is 15.9 Å². The van der Waals surface area contributed by atoms with E-state index in [1.165, 1.54) is 0 Å². The monoisotopic (exact) mass is 338 g/mol. The van der Waals surface area contributed by atoms with E-state index in [0.717, 1.165) is 16.5 Å². The third kappa shape index (κ3) is 2.97. The number of nitrogens with zero attached hydrogens (tertiary/aromatic N) is 2. The summed E-state index contributed by atoms with van der Waals surface area (Å²) in [5, 5.41) is 13.0. The van der Waals surface area contributed by atoms with Crippen LogP contribution in [0.5, 0.6) is 0 Å². The molecule has 6 heteroatoms. The Bertz CT molecular complexity index is 951. The number of aromatic amines is 1. The molecular formula is C18H15ClN4O. The fourth-order valence-corrected chi connectivity index (χ4v) is 2.73. The van der Waals surface area contributed by atoms with Gasteiger partial charge in [-0.3, -0.25) is 4.79 Å². The molecule has 3 rings (SSSR count). The van der Waals surface area contributed by atoms with E-state index in [4.69, 9.17) is 16.9 Å². The van der Waals surface area contributed by atoms with Crippen LogP contribution in [0.3, 0.4) is 0 Å². The van der Waals surface area contributed by atoms with Gasteiger partial charge < -0.3 is 10.3 Å². The fourth-order valence-electron chi connectivity index (χ4n) is 2.57. The first-order valence-electron chi connectivity index (χ1n) is 7.36. The number of H-pyrrole nitrogens is 1. The van der Waals surface area contributed by atoms with Crippen molar-refractivity contribution in [2.75, 3.05) is 0 Å². The van der Waals surface area contributed by atoms with E-state index in [2.05, 4.69) is 21.4 Å². The first-order valence-corrected chi connectivity index (χ1v) is 7.74. The van der Waals surface area contributed by atoms with Crippen LogP contribution in [0.4, 0.5) is 0 Å². The summed E-state index contributed by atoms with van der Waals surface area (Å²) in [5.41, 5.74) is 2.16. The first kappa shape index (κ1) is 16.0. The normalized spacial score (nSPS) is 11.2. The van der Waals surface area contributed by atoms with Gasteiger partial charge in [-0.15, -0.1) is 0 Å². The van der Waals surface area contributed by atoms with Crippen LogP contribution in [0.1, 0.15) is 35.3 Å². The minimum absolute atomic E-state index is 0.210. The Balaban J connectivity index is 1.89. The van der Waals surface area contributed by atoms with Crippen molar-refractivity contribution in [1.29, 1.82) is 5.26 Å². The van der Waals surface area contributed by atoms with Gasteiger partial charge in [0.15, 0.2) is 0 Å². The maximum Gasteiger partial charge on any atom is 0.254 e. The molecule has 0 aliphatic heterocycles. The van der Waals surface area contributed by atoms with Gasteiger partial charge in [0.25, 0.3) is 5.91 Å². The number of carbonyl (C=O) groups excluding carboxylic acids is 1. The maximum absolute atomic E-state index is 12.7. The molecule has 5 nitrogen and oxygen atoms in total. The largest absolute Gasteiger partial charge is 0.359 e. The number of benzene rings is 1. The van der Waals surface area contributed by atoms with Crippen molar-refractivity contribution in [3.8, 4) is 6.07 Å². The van der Waals surface area contributed by atoms with Crippen molar-refractivity contribution in [1.82, 2.24) is 15.3 Å². The van der Waals surface area contributed by atoms with Gasteiger partial charge in [0, 0.05) is 11.6 Å². The van der Waals surface area contributed by atoms with Crippen LogP contribution >= 0.6 is 11.6 Å². The molecule has 3 aromatic rings. The van der Waals surface area contributed by atoms with Crippen LogP contribution in [0.15, 0.2) is 42.7 Å². The molecule has 0 spiro atoms. The Morgan fingerprint density at radius 3 is 2.71 bits per heavy atom. The van der Waals surface area contributed by atoms with E-state index in [-0.39, 0.29) is 5.91 Å². The van der Waals surface area contributed by atoms with Crippen molar-refractivity contribution in [3.63, 3.8) is 0 Å². The highest BCUT2D eigenvalue weighted by Crippen LogP contribution is 2.24. The standard InChI is InChI=1S/C18H15ClN4O/c1-18(2,12-5-3-11(8-20)4-6-12)23-17(24)14-9-21-15-10-22-16(19)7-13(14)15/h3-7,9-10,21H,1-2H3,(H,23,24). The molecule has 0 fully saturated rings. The fraction of sp³-hybridized carbons (Fsp3) is 0.167. The molecule has 2 heterocycles. The summed E-state index contributed by atoms with van der Waals surface area (Å²) in [7, 11) is 0. The molecule has 0 saturated carbocycles. The SMILES string of the molecule is CC(C)(NC(=O)c1c[nH]c2cnc(Cl)cc12)c1ccc(C#N)cc1. The molecule has 120 valence electrons. The molecule has 2 N–H and O–H groups in total. The molecule has 0 atom stereocenters. The van der Waals surface area contributed by atoms with Gasteiger partial charge in [-0.2, -0.15) is 5.26 Å². The molecule has 0 aliphatic rings. The number of fused-ring (bicyclic) bond motifs is 1. The third-order valence-corrected chi connectivity index (χ3v) is 4.15. The lowest BCUT2D eigenvalue weighted by molar-refractivity contribution is 0.0914. The molecular weight excluding hydrogens is 324 g/mol. The minimum Gasteiger partial charge on any atom is -0.359 e. The topological polar surface area (TPSA) is 81.6 Å². The number of aromatic nitrogens is 2. The van der Waals surface area contributed by atoms with Crippen LogP contribution in [-0.2, 0) is 5.54 Å². The summed E-state index contributed by atoms with van der Waals surface area (Å²) in [6.07, 6.45) is 3.24. The van der Waals surface area contributed by atoms with Crippen molar-refractivity contribution < 1.29 is 4.79 Å². The zero-order valence-electron chi connectivity index (χ0n) is 13.2. The van der Waals surface area contributed by atoms with Crippen LogP contribution in [0.25, 0.3) is 10.9 Å². The van der Waals surface area contributed by atoms with Crippen molar-refractivity contribution >= 4 is 28.4 Å². The van der Waals surface area contributed by atoms with Crippen LogP contribution < -0.4 is 5.32 Å². The summed E-state index contributed by atoms with van der Waals surface area (Å²) in [6.45, 7) is 3.82. The van der Waals surface area contributed by atoms with E-state index in [1.807, 2.05) is 26.0 Å². The van der Waals surface area contributed by atoms with Gasteiger partial charge in [0.05, 0.1) is 34.4 Å². The second kappa shape index (κ2) is 5.99. The number of nitrogens with one attached hydrogen (secondary N) is 2. The van der Waals surface area contributed by atoms with E-state index in [9.17, 15) is 4.79 Å². The highest BCUT2D eigenvalue weighted by molar-refractivity contribution is 6.30. The zero-order valence-corrected chi connectivity index (χ0v) is 14.0. The van der Waals surface area contributed by atoms with E-state index >= 15 is 0 Å². The maximum atomic E-state index is 12.7. The highest BCUT2D eigenvalue weighted by atomic mass is 35.5. The molecule has 1 aromatic carbocycles. The van der Waals surface area contributed by atoms with E-state index in [0.29, 0.717) is 16.3 Å². The molecule has 0 unspecified atom stereocenters. The number of pyridine rings is 1. The van der Waals surface area contributed by atoms with Gasteiger partial charge in [-0.05, 0) is 37.6 Å². The summed E-state index contributed by atoms with van der Waals surface area (Å²) >= 11 is 5.93. The highest BCUT2D eigenvalue weighted by Gasteiger charge is 2.25. The van der Waals surface area contributed by atoms with Crippen LogP contribution in [0, 0.1) is 11.3 Å². The van der Waals surface area contributed by atoms with Crippen molar-refractivity contribution in [2.24, 2.45) is 0 Å². The molecule has 0 saturated heterocycles. The lowest BCUT2D eigenvalue weighted by Crippen LogP contribution is -2.40. The average molecular weight is 339 g/mol. The number of hydrogen-bond donors (Lipinski definition) is 2. The number of hydrogen-bond acceptors (Lipinski definition) is 3. The lowest BCUT2D eigenvalue weighted by atomic mass is 9.93. The Morgan fingerprint density at radius 1 is 1.33 bits per heavy atom. The molecule has 1 amide bonds. The van der Waals surface area contributed by atoms with Gasteiger partial charge in [-0.1, -0.05) is 23.7 Å². The second-order valence-corrected chi connectivity index (χ2v) is 6.41. The summed E-state index contributed by atoms with van der Waals surface area (Å²) in [5.74, 6) is -0.210. The lowest BCUT2D eigenvalue weighted by Gasteiger charge is -2.27. The van der Waals surface area contributed by atoms with Crippen LogP contribution in [0.2, 0.25) is 5.15 Å². The number of rotatable bonds is 3. The first-order chi connectivity index (χ1) is 11.4. The molecule has 24 heavy (non-hydrogen) atoms. The average Bonchev–Trinajstić information content (AvgIpc) is 2.97. The third-order valence-electron chi connectivity index (χ3n) is 3.94. The Hall–Kier alpha value is -2.84. The quantitative estimate of drug-likeness (QED) is 0.713. The zero-order chi connectivity index (χ0) is 17.3. The van der Waals surface area contributed by atoms with Gasteiger partial charge >= 0.3 is 0 Å². The predicted octanol–water partition coefficient (Wildman–Crippen LogP) is 3.75. The van der Waals surface area contributed by atoms with Gasteiger partial charge in [-0.25, -0.2) is 4.98 Å². The Labute approximate surface area is 144 Å². The second-order valence-electron chi connectivity index (χ2n) is 6.02. The smallest absolute Gasteiger partial charge is 0.254 e. The van der Waals surface area contributed by atoms with E-state index < -0.39 is 5.54 Å². The molecule has 0 radical (unpaired) electrons. The molecule has 0 aliphatic carbocycles. The Morgan fingerprint density at radius 2 is 2.04 bits per heavy atom. The predicted molar refractivity (Wildman–Crippen MR) is 92.8 cm³/mol. The number of carbonyl (C=O) groups is 1. The molecule has 2 aromatic heterocycles. The Kier molecular flexibility index (Phi) is 4.00. The van der Waals surface area contributed by atoms with Gasteiger partial charge in [0.2, 0.25) is 0 Å². The van der Waals surface area contributed by atoms with Gasteiger partial charge in [0.1, 0.15) is 5.15 Å². The van der Waals surface area contributed by atoms with E-state index in [1.54, 1.807) is 30.6 Å². The molecule has 0 bridgehead atoms. The minimum atomic E-state index is -0.592. The van der Waals surface area contributed by atoms with Crippen molar-refractivity contribution in [3.05, 3.63) is 64.6 Å². The summed E-state index contributed by atoms with van der Waals surface area (Å²) < 4.78 is 0. The summed E-state index contributed by atoms with van der Waals surface area (Å²) in [6, 6.07) is 10.9. The number of nitriles is 1. The number of halogens is 1.